The number of aromatic hydroxyl groups is 1. The fraction of sp³-hybridized carbons (Fsp3) is 0.625. The third-order valence-corrected chi connectivity index (χ3v) is 7.91. The van der Waals surface area contributed by atoms with Gasteiger partial charge in [0, 0.05) is 43.9 Å². The van der Waals surface area contributed by atoms with Crippen molar-refractivity contribution in [2.75, 3.05) is 26.2 Å². The summed E-state index contributed by atoms with van der Waals surface area (Å²) in [5, 5.41) is 10.7. The maximum absolute atomic E-state index is 12.6. The molecule has 0 spiro atoms. The number of benzene rings is 1. The van der Waals surface area contributed by atoms with Crippen LogP contribution in [0.2, 0.25) is 10.0 Å². The fourth-order valence-electron chi connectivity index (χ4n) is 3.62. The Bertz CT molecular complexity index is 730. The summed E-state index contributed by atoms with van der Waals surface area (Å²) < 4.78 is 28.4. The van der Waals surface area contributed by atoms with Crippen molar-refractivity contribution in [3.8, 4) is 5.75 Å². The van der Waals surface area contributed by atoms with E-state index >= 15 is 0 Å². The van der Waals surface area contributed by atoms with Gasteiger partial charge < -0.3 is 10.8 Å². The molecule has 1 aromatic carbocycles. The molecule has 3 rings (SSSR count). The lowest BCUT2D eigenvalue weighted by Crippen LogP contribution is -2.47. The minimum atomic E-state index is -3.36. The van der Waals surface area contributed by atoms with Gasteiger partial charge >= 0.3 is 0 Å². The molecule has 2 saturated heterocycles. The molecule has 140 valence electrons. The standard InChI is InChI=1S/C16H23Cl2N3O3S/c17-13-9-12(15(22)10-14(13)18)16(19)11-3-7-21(8-4-11)25(23,24)20-5-1-2-6-20/h9-11,16,22H,1-8,19H2. The molecule has 2 aliphatic rings. The van der Waals surface area contributed by atoms with Crippen LogP contribution in [0.25, 0.3) is 0 Å². The highest BCUT2D eigenvalue weighted by Crippen LogP contribution is 2.38. The lowest BCUT2D eigenvalue weighted by Gasteiger charge is -2.36. The average Bonchev–Trinajstić information content (AvgIpc) is 3.13. The van der Waals surface area contributed by atoms with E-state index in [-0.39, 0.29) is 16.7 Å². The minimum Gasteiger partial charge on any atom is -0.508 e. The third kappa shape index (κ3) is 3.91. The Balaban J connectivity index is 1.67. The van der Waals surface area contributed by atoms with E-state index in [1.54, 1.807) is 14.7 Å². The van der Waals surface area contributed by atoms with Gasteiger partial charge in [0.2, 0.25) is 0 Å². The normalized spacial score (nSPS) is 22.4. The molecule has 0 saturated carbocycles. The number of rotatable bonds is 4. The van der Waals surface area contributed by atoms with E-state index < -0.39 is 16.3 Å². The van der Waals surface area contributed by atoms with Gasteiger partial charge in [0.05, 0.1) is 10.0 Å². The van der Waals surface area contributed by atoms with Gasteiger partial charge in [0.25, 0.3) is 10.2 Å². The van der Waals surface area contributed by atoms with Gasteiger partial charge in [-0.2, -0.15) is 17.0 Å². The van der Waals surface area contributed by atoms with Gasteiger partial charge in [0.1, 0.15) is 5.75 Å². The highest BCUT2D eigenvalue weighted by Gasteiger charge is 2.36. The fourth-order valence-corrected chi connectivity index (χ4v) is 5.67. The topological polar surface area (TPSA) is 86.9 Å². The van der Waals surface area contributed by atoms with Crippen LogP contribution in [0.4, 0.5) is 0 Å². The van der Waals surface area contributed by atoms with E-state index in [9.17, 15) is 13.5 Å². The molecule has 6 nitrogen and oxygen atoms in total. The minimum absolute atomic E-state index is 0.0222. The molecular formula is C16H23Cl2N3O3S. The van der Waals surface area contributed by atoms with Crippen LogP contribution in [0.15, 0.2) is 12.1 Å². The average molecular weight is 408 g/mol. The number of nitrogens with two attached hydrogens (primary N) is 1. The van der Waals surface area contributed by atoms with E-state index in [0.29, 0.717) is 49.6 Å². The smallest absolute Gasteiger partial charge is 0.281 e. The number of halogens is 2. The van der Waals surface area contributed by atoms with Gasteiger partial charge in [0.15, 0.2) is 0 Å². The lowest BCUT2D eigenvalue weighted by molar-refractivity contribution is 0.233. The van der Waals surface area contributed by atoms with Gasteiger partial charge in [-0.25, -0.2) is 0 Å². The molecule has 2 fully saturated rings. The summed E-state index contributed by atoms with van der Waals surface area (Å²) in [6, 6.07) is 2.58. The summed E-state index contributed by atoms with van der Waals surface area (Å²) in [7, 11) is -3.36. The third-order valence-electron chi connectivity index (χ3n) is 5.15. The first-order valence-corrected chi connectivity index (χ1v) is 10.6. The second kappa shape index (κ2) is 7.58. The van der Waals surface area contributed by atoms with Gasteiger partial charge in [-0.1, -0.05) is 23.2 Å². The molecule has 3 N–H and O–H groups in total. The number of phenols is 1. The van der Waals surface area contributed by atoms with E-state index in [0.717, 1.165) is 12.8 Å². The number of piperidine rings is 1. The largest absolute Gasteiger partial charge is 0.508 e. The number of nitrogens with zero attached hydrogens (tertiary/aromatic N) is 2. The zero-order valence-corrected chi connectivity index (χ0v) is 16.2. The number of hydrogen-bond acceptors (Lipinski definition) is 4. The summed E-state index contributed by atoms with van der Waals surface area (Å²) >= 11 is 11.9. The van der Waals surface area contributed by atoms with Crippen molar-refractivity contribution in [3.63, 3.8) is 0 Å². The summed E-state index contributed by atoms with van der Waals surface area (Å²) in [5.74, 6) is 0.0992. The van der Waals surface area contributed by atoms with Crippen LogP contribution in [-0.2, 0) is 10.2 Å². The zero-order valence-electron chi connectivity index (χ0n) is 13.9. The Labute approximate surface area is 158 Å². The Hall–Kier alpha value is -0.570. The van der Waals surface area contributed by atoms with Crippen LogP contribution >= 0.6 is 23.2 Å². The molecule has 0 aliphatic carbocycles. The highest BCUT2D eigenvalue weighted by molar-refractivity contribution is 7.86. The van der Waals surface area contributed by atoms with E-state index in [1.807, 2.05) is 0 Å². The molecule has 25 heavy (non-hydrogen) atoms. The Morgan fingerprint density at radius 3 is 2.16 bits per heavy atom. The molecule has 0 aromatic heterocycles. The number of hydrogen-bond donors (Lipinski definition) is 2. The summed E-state index contributed by atoms with van der Waals surface area (Å²) in [4.78, 5) is 0. The zero-order chi connectivity index (χ0) is 18.2. The van der Waals surface area contributed by atoms with Crippen LogP contribution in [0.3, 0.4) is 0 Å². The monoisotopic (exact) mass is 407 g/mol. The van der Waals surface area contributed by atoms with Crippen LogP contribution in [0.1, 0.15) is 37.3 Å². The van der Waals surface area contributed by atoms with Crippen molar-refractivity contribution in [1.82, 2.24) is 8.61 Å². The van der Waals surface area contributed by atoms with Crippen LogP contribution in [0.5, 0.6) is 5.75 Å². The number of phenolic OH excluding ortho intramolecular Hbond substituents is 1. The van der Waals surface area contributed by atoms with Crippen molar-refractivity contribution >= 4 is 33.4 Å². The maximum atomic E-state index is 12.6. The van der Waals surface area contributed by atoms with Gasteiger partial charge in [-0.05, 0) is 37.7 Å². The molecular weight excluding hydrogens is 385 g/mol. The molecule has 9 heteroatoms. The van der Waals surface area contributed by atoms with E-state index in [4.69, 9.17) is 28.9 Å². The lowest BCUT2D eigenvalue weighted by atomic mass is 9.86. The quantitative estimate of drug-likeness (QED) is 0.802. The van der Waals surface area contributed by atoms with Crippen molar-refractivity contribution in [1.29, 1.82) is 0 Å². The van der Waals surface area contributed by atoms with Crippen molar-refractivity contribution in [2.24, 2.45) is 11.7 Å². The first-order chi connectivity index (χ1) is 11.8. The molecule has 1 atom stereocenters. The van der Waals surface area contributed by atoms with Crippen LogP contribution in [0, 0.1) is 5.92 Å². The predicted octanol–water partition coefficient (Wildman–Crippen LogP) is 2.75. The highest BCUT2D eigenvalue weighted by atomic mass is 35.5. The summed E-state index contributed by atoms with van der Waals surface area (Å²) in [5.41, 5.74) is 6.88. The van der Waals surface area contributed by atoms with Crippen LogP contribution in [-0.4, -0.2) is 48.3 Å². The van der Waals surface area contributed by atoms with E-state index in [1.165, 1.54) is 6.07 Å². The summed E-state index contributed by atoms with van der Waals surface area (Å²) in [6.45, 7) is 2.11. The predicted molar refractivity (Wildman–Crippen MR) is 99.1 cm³/mol. The molecule has 1 aromatic rings. The SMILES string of the molecule is NC(c1cc(Cl)c(Cl)cc1O)C1CCN(S(=O)(=O)N2CCCC2)CC1. The second-order valence-electron chi connectivity index (χ2n) is 6.70. The maximum Gasteiger partial charge on any atom is 0.281 e. The Morgan fingerprint density at radius 1 is 1.04 bits per heavy atom. The first kappa shape index (κ1) is 19.2. The van der Waals surface area contributed by atoms with Crippen molar-refractivity contribution in [3.05, 3.63) is 27.7 Å². The molecule has 0 bridgehead atoms. The molecule has 0 radical (unpaired) electrons. The first-order valence-electron chi connectivity index (χ1n) is 8.49. The second-order valence-corrected chi connectivity index (χ2v) is 9.44. The van der Waals surface area contributed by atoms with Crippen molar-refractivity contribution in [2.45, 2.75) is 31.7 Å². The van der Waals surface area contributed by atoms with Crippen LogP contribution < -0.4 is 5.73 Å². The molecule has 1 unspecified atom stereocenters. The molecule has 2 heterocycles. The van der Waals surface area contributed by atoms with Gasteiger partial charge in [-0.3, -0.25) is 0 Å². The Kier molecular flexibility index (Phi) is 5.82. The molecule has 0 amide bonds. The Morgan fingerprint density at radius 2 is 1.56 bits per heavy atom. The summed E-state index contributed by atoms with van der Waals surface area (Å²) in [6.07, 6.45) is 3.15. The van der Waals surface area contributed by atoms with E-state index in [2.05, 4.69) is 0 Å². The van der Waals surface area contributed by atoms with Gasteiger partial charge in [-0.15, -0.1) is 0 Å². The van der Waals surface area contributed by atoms with Crippen molar-refractivity contribution < 1.29 is 13.5 Å². The molecule has 2 aliphatic heterocycles.